The second kappa shape index (κ2) is 9.31. The van der Waals surface area contributed by atoms with Crippen molar-refractivity contribution in [3.8, 4) is 11.6 Å². The van der Waals surface area contributed by atoms with E-state index in [9.17, 15) is 22.8 Å². The number of aromatic nitrogens is 5. The Morgan fingerprint density at radius 2 is 1.91 bits per heavy atom. The number of halogens is 3. The molecule has 0 radical (unpaired) electrons. The molecule has 10 nitrogen and oxygen atoms in total. The smallest absolute Gasteiger partial charge is 0.406 e. The van der Waals surface area contributed by atoms with Crippen LogP contribution in [0.3, 0.4) is 0 Å². The number of nitrogens with zero attached hydrogens (tertiary/aromatic N) is 6. The summed E-state index contributed by atoms with van der Waals surface area (Å²) in [5.41, 5.74) is 0.819. The summed E-state index contributed by atoms with van der Waals surface area (Å²) in [6.45, 7) is 1.57. The first kappa shape index (κ1) is 24.1. The van der Waals surface area contributed by atoms with Crippen molar-refractivity contribution in [3.05, 3.63) is 59.1 Å². The number of alkyl halides is 3. The van der Waals surface area contributed by atoms with E-state index in [-0.39, 0.29) is 35.4 Å². The maximum atomic E-state index is 12.8. The van der Waals surface area contributed by atoms with E-state index in [0.29, 0.717) is 17.2 Å². The van der Waals surface area contributed by atoms with E-state index in [1.807, 2.05) is 0 Å². The fraction of sp³-hybridized carbons (Fsp3) is 0.364. The highest BCUT2D eigenvalue weighted by molar-refractivity contribution is 5.94. The van der Waals surface area contributed by atoms with Gasteiger partial charge in [-0.25, -0.2) is 15.0 Å². The molecule has 1 aromatic carbocycles. The molecule has 184 valence electrons. The maximum Gasteiger partial charge on any atom is 0.573 e. The third kappa shape index (κ3) is 5.91. The number of carbonyl (C=O) groups excluding carboxylic acids is 2. The second-order valence-electron chi connectivity index (χ2n) is 8.24. The molecule has 0 spiro atoms. The van der Waals surface area contributed by atoms with Crippen LogP contribution in [-0.2, 0) is 6.54 Å². The van der Waals surface area contributed by atoms with Crippen molar-refractivity contribution in [1.29, 1.82) is 0 Å². The molecule has 1 N–H and O–H groups in total. The third-order valence-electron chi connectivity index (χ3n) is 5.14. The van der Waals surface area contributed by atoms with E-state index in [2.05, 4.69) is 30.1 Å². The van der Waals surface area contributed by atoms with Crippen molar-refractivity contribution in [2.45, 2.75) is 38.6 Å². The molecular formula is C22H22F3N7O3. The van der Waals surface area contributed by atoms with Gasteiger partial charge in [0.25, 0.3) is 11.8 Å². The zero-order valence-electron chi connectivity index (χ0n) is 19.1. The van der Waals surface area contributed by atoms with Crippen LogP contribution >= 0.6 is 0 Å². The Bertz CT molecular complexity index is 1250. The van der Waals surface area contributed by atoms with Crippen molar-refractivity contribution >= 4 is 11.8 Å². The van der Waals surface area contributed by atoms with Crippen molar-refractivity contribution in [3.63, 3.8) is 0 Å². The highest BCUT2D eigenvalue weighted by Gasteiger charge is 2.33. The Kier molecular flexibility index (Phi) is 6.41. The Morgan fingerprint density at radius 1 is 1.17 bits per heavy atom. The molecule has 1 saturated carbocycles. The van der Waals surface area contributed by atoms with Gasteiger partial charge in [-0.15, -0.1) is 18.3 Å². The number of rotatable bonds is 7. The minimum absolute atomic E-state index is 0.0442. The fourth-order valence-electron chi connectivity index (χ4n) is 3.39. The van der Waals surface area contributed by atoms with Gasteiger partial charge in [-0.1, -0.05) is 0 Å². The first-order valence-corrected chi connectivity index (χ1v) is 10.7. The zero-order chi connectivity index (χ0) is 25.3. The van der Waals surface area contributed by atoms with E-state index in [0.717, 1.165) is 18.9 Å². The normalized spacial score (nSPS) is 13.4. The summed E-state index contributed by atoms with van der Waals surface area (Å²) < 4.78 is 43.6. The van der Waals surface area contributed by atoms with Crippen molar-refractivity contribution in [1.82, 2.24) is 34.9 Å². The minimum atomic E-state index is -4.86. The summed E-state index contributed by atoms with van der Waals surface area (Å²) in [4.78, 5) is 38.8. The lowest BCUT2D eigenvalue weighted by Crippen LogP contribution is -2.26. The number of carbonyl (C=O) groups is 2. The summed E-state index contributed by atoms with van der Waals surface area (Å²) in [6.07, 6.45) is -0.506. The number of benzene rings is 1. The summed E-state index contributed by atoms with van der Waals surface area (Å²) in [5, 5.41) is 6.90. The van der Waals surface area contributed by atoms with E-state index in [1.165, 1.54) is 28.0 Å². The molecule has 2 amide bonds. The first-order chi connectivity index (χ1) is 16.5. The lowest BCUT2D eigenvalue weighted by atomic mass is 10.1. The quantitative estimate of drug-likeness (QED) is 0.543. The number of hydrogen-bond donors (Lipinski definition) is 1. The third-order valence-corrected chi connectivity index (χ3v) is 5.14. The standard InChI is InChI=1S/C22H22F3N7O3/c1-12-29-19(32(30-12)18-10-26-17(9-27-18)21(34)31(2)3)11-28-20(33)15-6-14(13-4-5-13)7-16(8-15)35-22(23,24)25/h6-10,13H,4-5,11H2,1-3H3,(H,28,33). The number of ether oxygens (including phenoxy) is 1. The van der Waals surface area contributed by atoms with Crippen LogP contribution in [0.4, 0.5) is 13.2 Å². The van der Waals surface area contributed by atoms with Gasteiger partial charge in [0.15, 0.2) is 11.6 Å². The molecule has 0 atom stereocenters. The van der Waals surface area contributed by atoms with Crippen LogP contribution < -0.4 is 10.1 Å². The molecule has 0 saturated heterocycles. The molecule has 35 heavy (non-hydrogen) atoms. The van der Waals surface area contributed by atoms with Gasteiger partial charge in [0.05, 0.1) is 18.9 Å². The van der Waals surface area contributed by atoms with E-state index < -0.39 is 18.0 Å². The first-order valence-electron chi connectivity index (χ1n) is 10.7. The predicted molar refractivity (Wildman–Crippen MR) is 116 cm³/mol. The second-order valence-corrected chi connectivity index (χ2v) is 8.24. The monoisotopic (exact) mass is 489 g/mol. The van der Waals surface area contributed by atoms with Crippen LogP contribution in [0.5, 0.6) is 5.75 Å². The summed E-state index contributed by atoms with van der Waals surface area (Å²) >= 11 is 0. The van der Waals surface area contributed by atoms with Gasteiger partial charge in [-0.2, -0.15) is 4.68 Å². The molecular weight excluding hydrogens is 467 g/mol. The average molecular weight is 489 g/mol. The van der Waals surface area contributed by atoms with Crippen molar-refractivity contribution in [2.75, 3.05) is 14.1 Å². The lowest BCUT2D eigenvalue weighted by molar-refractivity contribution is -0.274. The Morgan fingerprint density at radius 3 is 2.51 bits per heavy atom. The van der Waals surface area contributed by atoms with Gasteiger partial charge >= 0.3 is 6.36 Å². The molecule has 2 aromatic heterocycles. The van der Waals surface area contributed by atoms with E-state index >= 15 is 0 Å². The van der Waals surface area contributed by atoms with Crippen LogP contribution in [0.2, 0.25) is 0 Å². The summed E-state index contributed by atoms with van der Waals surface area (Å²) in [6, 6.07) is 3.93. The van der Waals surface area contributed by atoms with Crippen molar-refractivity contribution in [2.24, 2.45) is 0 Å². The molecule has 2 heterocycles. The van der Waals surface area contributed by atoms with Crippen LogP contribution in [0.1, 0.15) is 56.8 Å². The largest absolute Gasteiger partial charge is 0.573 e. The van der Waals surface area contributed by atoms with E-state index in [4.69, 9.17) is 0 Å². The van der Waals surface area contributed by atoms with Gasteiger partial charge in [-0.05, 0) is 49.4 Å². The van der Waals surface area contributed by atoms with Gasteiger partial charge < -0.3 is 15.0 Å². The van der Waals surface area contributed by atoms with Crippen LogP contribution in [0.25, 0.3) is 5.82 Å². The molecule has 1 aliphatic carbocycles. The van der Waals surface area contributed by atoms with Crippen LogP contribution in [0.15, 0.2) is 30.6 Å². The molecule has 1 aliphatic rings. The number of hydrogen-bond acceptors (Lipinski definition) is 7. The summed E-state index contributed by atoms with van der Waals surface area (Å²) in [5.74, 6) is -0.221. The highest BCUT2D eigenvalue weighted by Crippen LogP contribution is 2.42. The molecule has 13 heteroatoms. The van der Waals surface area contributed by atoms with E-state index in [1.54, 1.807) is 27.1 Å². The number of aryl methyl sites for hydroxylation is 1. The van der Waals surface area contributed by atoms with Crippen molar-refractivity contribution < 1.29 is 27.5 Å². The fourth-order valence-corrected chi connectivity index (χ4v) is 3.39. The molecule has 0 aliphatic heterocycles. The Labute approximate surface area is 198 Å². The predicted octanol–water partition coefficient (Wildman–Crippen LogP) is 2.77. The van der Waals surface area contributed by atoms with Gasteiger partial charge in [0.2, 0.25) is 0 Å². The SMILES string of the molecule is Cc1nc(CNC(=O)c2cc(OC(F)(F)F)cc(C3CC3)c2)n(-c2cnc(C(=O)N(C)C)cn2)n1. The minimum Gasteiger partial charge on any atom is -0.406 e. The molecule has 4 rings (SSSR count). The number of nitrogens with one attached hydrogen (secondary N) is 1. The Hall–Kier alpha value is -4.03. The molecule has 0 bridgehead atoms. The molecule has 0 unspecified atom stereocenters. The van der Waals surface area contributed by atoms with Gasteiger partial charge in [0.1, 0.15) is 17.3 Å². The summed E-state index contributed by atoms with van der Waals surface area (Å²) in [7, 11) is 3.19. The van der Waals surface area contributed by atoms with Crippen LogP contribution in [0, 0.1) is 6.92 Å². The number of amides is 2. The Balaban J connectivity index is 1.52. The maximum absolute atomic E-state index is 12.8. The highest BCUT2D eigenvalue weighted by atomic mass is 19.4. The van der Waals surface area contributed by atoms with Crippen LogP contribution in [-0.4, -0.2) is 61.9 Å². The zero-order valence-corrected chi connectivity index (χ0v) is 19.1. The topological polar surface area (TPSA) is 115 Å². The average Bonchev–Trinajstić information content (AvgIpc) is 3.58. The van der Waals surface area contributed by atoms with Gasteiger partial charge in [0, 0.05) is 19.7 Å². The lowest BCUT2D eigenvalue weighted by Gasteiger charge is -2.13. The molecule has 1 fully saturated rings. The molecule has 3 aromatic rings. The van der Waals surface area contributed by atoms with Gasteiger partial charge in [-0.3, -0.25) is 9.59 Å².